The van der Waals surface area contributed by atoms with E-state index in [4.69, 9.17) is 14.6 Å². The topological polar surface area (TPSA) is 98.7 Å². The summed E-state index contributed by atoms with van der Waals surface area (Å²) in [5.74, 6) is 0.329. The van der Waals surface area contributed by atoms with Crippen LogP contribution in [0.3, 0.4) is 0 Å². The zero-order valence-electron chi connectivity index (χ0n) is 12.7. The third-order valence-corrected chi connectivity index (χ3v) is 3.21. The fourth-order valence-electron chi connectivity index (χ4n) is 1.97. The van der Waals surface area contributed by atoms with Gasteiger partial charge in [-0.2, -0.15) is 5.10 Å². The zero-order valence-corrected chi connectivity index (χ0v) is 12.7. The maximum Gasteiger partial charge on any atom is 0.290 e. The van der Waals surface area contributed by atoms with Gasteiger partial charge in [0.25, 0.3) is 6.47 Å². The number of rotatable bonds is 3. The van der Waals surface area contributed by atoms with Crippen LogP contribution in [0, 0.1) is 6.92 Å². The van der Waals surface area contributed by atoms with Gasteiger partial charge in [0.1, 0.15) is 12.9 Å². The van der Waals surface area contributed by atoms with E-state index in [1.807, 2.05) is 36.7 Å². The molecule has 1 N–H and O–H groups in total. The monoisotopic (exact) mass is 316 g/mol. The van der Waals surface area contributed by atoms with E-state index in [0.717, 1.165) is 17.0 Å². The highest BCUT2D eigenvalue weighted by Gasteiger charge is 2.06. The lowest BCUT2D eigenvalue weighted by Crippen LogP contribution is -2.13. The number of fused-ring (bicyclic) bond motifs is 1. The van der Waals surface area contributed by atoms with Crippen LogP contribution in [-0.4, -0.2) is 30.7 Å². The van der Waals surface area contributed by atoms with E-state index in [1.165, 1.54) is 6.33 Å². The molecule has 0 saturated carbocycles. The van der Waals surface area contributed by atoms with Crippen LogP contribution in [0.15, 0.2) is 41.6 Å². The highest BCUT2D eigenvalue weighted by atomic mass is 16.5. The Bertz CT molecular complexity index is 869. The maximum absolute atomic E-state index is 11.9. The summed E-state index contributed by atoms with van der Waals surface area (Å²) in [4.78, 5) is 24.3. The van der Waals surface area contributed by atoms with Gasteiger partial charge in [-0.15, -0.1) is 0 Å². The highest BCUT2D eigenvalue weighted by molar-refractivity contribution is 5.37. The molecule has 0 unspecified atom stereocenters. The van der Waals surface area contributed by atoms with Gasteiger partial charge < -0.3 is 14.4 Å². The van der Waals surface area contributed by atoms with E-state index < -0.39 is 0 Å². The maximum atomic E-state index is 11.9. The number of pyridine rings is 2. The van der Waals surface area contributed by atoms with Gasteiger partial charge in [-0.05, 0) is 19.1 Å². The van der Waals surface area contributed by atoms with E-state index in [0.29, 0.717) is 5.75 Å². The van der Waals surface area contributed by atoms with Crippen molar-refractivity contribution in [2.24, 2.45) is 7.05 Å². The molecule has 23 heavy (non-hydrogen) atoms. The molecule has 0 aliphatic rings. The summed E-state index contributed by atoms with van der Waals surface area (Å²) in [7, 11) is 1.87. The Morgan fingerprint density at radius 1 is 1.39 bits per heavy atom. The third kappa shape index (κ3) is 3.73. The number of carbonyl (C=O) groups is 1. The van der Waals surface area contributed by atoms with Crippen molar-refractivity contribution in [3.8, 4) is 5.75 Å². The molecule has 8 heteroatoms. The van der Waals surface area contributed by atoms with Crippen molar-refractivity contribution in [3.63, 3.8) is 0 Å². The molecule has 0 fully saturated rings. The lowest BCUT2D eigenvalue weighted by atomic mass is 10.3. The van der Waals surface area contributed by atoms with Crippen LogP contribution in [0.5, 0.6) is 5.75 Å². The lowest BCUT2D eigenvalue weighted by molar-refractivity contribution is -0.122. The molecular weight excluding hydrogens is 300 g/mol. The second-order valence-electron chi connectivity index (χ2n) is 4.70. The molecule has 0 saturated heterocycles. The summed E-state index contributed by atoms with van der Waals surface area (Å²) >= 11 is 0. The first-order valence-electron chi connectivity index (χ1n) is 6.72. The van der Waals surface area contributed by atoms with Crippen LogP contribution in [0.4, 0.5) is 0 Å². The third-order valence-electron chi connectivity index (χ3n) is 3.21. The van der Waals surface area contributed by atoms with Crippen LogP contribution in [-0.2, 0) is 18.4 Å². The van der Waals surface area contributed by atoms with Crippen molar-refractivity contribution >= 4 is 12.1 Å². The first kappa shape index (κ1) is 16.2. The molecule has 120 valence electrons. The van der Waals surface area contributed by atoms with Crippen LogP contribution in [0.2, 0.25) is 0 Å². The highest BCUT2D eigenvalue weighted by Crippen LogP contribution is 2.09. The van der Waals surface area contributed by atoms with E-state index in [2.05, 4.69) is 10.1 Å². The van der Waals surface area contributed by atoms with E-state index in [1.54, 1.807) is 16.8 Å². The predicted molar refractivity (Wildman–Crippen MR) is 82.4 cm³/mol. The largest absolute Gasteiger partial charge is 0.483 e. The van der Waals surface area contributed by atoms with Gasteiger partial charge in [-0.25, -0.2) is 9.50 Å². The second kappa shape index (κ2) is 7.21. The van der Waals surface area contributed by atoms with Crippen molar-refractivity contribution in [2.75, 3.05) is 0 Å². The first-order valence-corrected chi connectivity index (χ1v) is 6.72. The molecule has 0 aromatic carbocycles. The number of carboxylic acid groups (broad SMARTS) is 1. The lowest BCUT2D eigenvalue weighted by Gasteiger charge is -2.09. The van der Waals surface area contributed by atoms with Gasteiger partial charge in [0.15, 0.2) is 11.4 Å². The summed E-state index contributed by atoms with van der Waals surface area (Å²) in [5.41, 5.74) is 2.36. The first-order chi connectivity index (χ1) is 11.1. The van der Waals surface area contributed by atoms with Crippen LogP contribution < -0.4 is 10.2 Å². The van der Waals surface area contributed by atoms with Gasteiger partial charge in [-0.1, -0.05) is 6.07 Å². The number of hydrogen-bond acceptors (Lipinski definition) is 5. The summed E-state index contributed by atoms with van der Waals surface area (Å²) in [5, 5.41) is 11.0. The summed E-state index contributed by atoms with van der Waals surface area (Å²) in [6, 6.07) is 7.20. The van der Waals surface area contributed by atoms with Crippen molar-refractivity contribution in [3.05, 3.63) is 58.4 Å². The molecule has 0 radical (unpaired) electrons. The summed E-state index contributed by atoms with van der Waals surface area (Å²) < 4.78 is 9.16. The number of nitrogens with zero attached hydrogens (tertiary/aromatic N) is 4. The molecule has 3 aromatic heterocycles. The SMILES string of the molecule is Cc1cc(=O)c(OCc2cccc3ncnn23)cn1C.O=CO. The Labute approximate surface area is 131 Å². The Kier molecular flexibility index (Phi) is 5.08. The fraction of sp³-hybridized carbons (Fsp3) is 0.200. The second-order valence-corrected chi connectivity index (χ2v) is 4.70. The van der Waals surface area contributed by atoms with E-state index >= 15 is 0 Å². The van der Waals surface area contributed by atoms with Crippen molar-refractivity contribution in [1.29, 1.82) is 0 Å². The van der Waals surface area contributed by atoms with Gasteiger partial charge >= 0.3 is 0 Å². The van der Waals surface area contributed by atoms with Gasteiger partial charge in [-0.3, -0.25) is 9.59 Å². The number of aromatic nitrogens is 4. The van der Waals surface area contributed by atoms with E-state index in [-0.39, 0.29) is 18.5 Å². The average molecular weight is 316 g/mol. The van der Waals surface area contributed by atoms with Crippen molar-refractivity contribution < 1.29 is 14.6 Å². The quantitative estimate of drug-likeness (QED) is 0.724. The average Bonchev–Trinajstić information content (AvgIpc) is 2.99. The van der Waals surface area contributed by atoms with Gasteiger partial charge in [0.2, 0.25) is 5.43 Å². The Balaban J connectivity index is 0.000000595. The number of aryl methyl sites for hydroxylation is 2. The van der Waals surface area contributed by atoms with E-state index in [9.17, 15) is 4.79 Å². The minimum atomic E-state index is -0.250. The van der Waals surface area contributed by atoms with Crippen molar-refractivity contribution in [1.82, 2.24) is 19.2 Å². The molecule has 8 nitrogen and oxygen atoms in total. The fourth-order valence-corrected chi connectivity index (χ4v) is 1.97. The normalized spacial score (nSPS) is 10.0. The van der Waals surface area contributed by atoms with Gasteiger partial charge in [0, 0.05) is 25.0 Å². The molecule has 0 aliphatic heterocycles. The summed E-state index contributed by atoms with van der Waals surface area (Å²) in [6.45, 7) is 1.89. The number of hydrogen-bond donors (Lipinski definition) is 1. The standard InChI is InChI=1S/C14H14N4O2.CH2O2/c1-10-6-12(19)13(7-17(10)2)20-8-11-4-3-5-14-15-9-16-18(11)14;2-1-3/h3-7,9H,8H2,1-2H3;1H,(H,2,3). The van der Waals surface area contributed by atoms with Crippen molar-refractivity contribution in [2.45, 2.75) is 13.5 Å². The smallest absolute Gasteiger partial charge is 0.290 e. The number of ether oxygens (including phenoxy) is 1. The molecular formula is C15H16N4O4. The molecule has 3 heterocycles. The molecule has 0 bridgehead atoms. The zero-order chi connectivity index (χ0) is 16.8. The van der Waals surface area contributed by atoms with Crippen LogP contribution in [0.1, 0.15) is 11.4 Å². The van der Waals surface area contributed by atoms with Gasteiger partial charge in [0.05, 0.1) is 5.69 Å². The molecule has 0 atom stereocenters. The predicted octanol–water partition coefficient (Wildman–Crippen LogP) is 1.02. The molecule has 3 aromatic rings. The molecule has 0 amide bonds. The Hall–Kier alpha value is -3.16. The minimum Gasteiger partial charge on any atom is -0.483 e. The Morgan fingerprint density at radius 2 is 2.13 bits per heavy atom. The minimum absolute atomic E-state index is 0.119. The molecule has 0 aliphatic carbocycles. The van der Waals surface area contributed by atoms with Crippen LogP contribution in [0.25, 0.3) is 5.65 Å². The molecule has 3 rings (SSSR count). The molecule has 0 spiro atoms. The van der Waals surface area contributed by atoms with Crippen LogP contribution >= 0.6 is 0 Å². The summed E-state index contributed by atoms with van der Waals surface area (Å²) in [6.07, 6.45) is 3.18. The Morgan fingerprint density at radius 3 is 2.87 bits per heavy atom.